The van der Waals surface area contributed by atoms with Gasteiger partial charge in [0.05, 0.1) is 7.11 Å². The van der Waals surface area contributed by atoms with Crippen molar-refractivity contribution in [2.45, 2.75) is 19.9 Å². The second-order valence-corrected chi connectivity index (χ2v) is 2.84. The zero-order valence-electron chi connectivity index (χ0n) is 8.05. The average Bonchev–Trinajstić information content (AvgIpc) is 2.16. The van der Waals surface area contributed by atoms with E-state index < -0.39 is 6.43 Å². The molecular weight excluding hydrogens is 190 g/mol. The summed E-state index contributed by atoms with van der Waals surface area (Å²) < 4.78 is 30.0. The van der Waals surface area contributed by atoms with Gasteiger partial charge in [-0.25, -0.2) is 8.78 Å². The first-order valence-corrected chi connectivity index (χ1v) is 4.12. The van der Waals surface area contributed by atoms with Gasteiger partial charge >= 0.3 is 0 Å². The van der Waals surface area contributed by atoms with Crippen LogP contribution < -0.4 is 10.5 Å². The molecule has 0 unspecified atom stereocenters. The van der Waals surface area contributed by atoms with E-state index in [1.807, 2.05) is 0 Å². The molecule has 0 aliphatic carbocycles. The van der Waals surface area contributed by atoms with E-state index in [1.165, 1.54) is 13.3 Å². The lowest BCUT2D eigenvalue weighted by Gasteiger charge is -2.13. The second kappa shape index (κ2) is 4.32. The maximum atomic E-state index is 12.5. The molecule has 0 bridgehead atoms. The molecule has 78 valence electrons. The van der Waals surface area contributed by atoms with E-state index in [0.29, 0.717) is 11.3 Å². The minimum absolute atomic E-state index is 0.00245. The van der Waals surface area contributed by atoms with Gasteiger partial charge in [0.1, 0.15) is 11.4 Å². The Hall–Kier alpha value is -1.23. The first kappa shape index (κ1) is 10.8. The molecule has 0 amide bonds. The number of halogens is 2. The summed E-state index contributed by atoms with van der Waals surface area (Å²) >= 11 is 0. The summed E-state index contributed by atoms with van der Waals surface area (Å²) in [6, 6.07) is 0. The summed E-state index contributed by atoms with van der Waals surface area (Å²) in [6.07, 6.45) is -1.26. The molecule has 0 aliphatic heterocycles. The van der Waals surface area contributed by atoms with Crippen molar-refractivity contribution in [1.82, 2.24) is 4.98 Å². The maximum Gasteiger partial charge on any atom is 0.280 e. The smallest absolute Gasteiger partial charge is 0.280 e. The highest BCUT2D eigenvalue weighted by Crippen LogP contribution is 2.29. The first-order valence-electron chi connectivity index (χ1n) is 4.12. The fourth-order valence-electron chi connectivity index (χ4n) is 1.33. The van der Waals surface area contributed by atoms with E-state index >= 15 is 0 Å². The van der Waals surface area contributed by atoms with Gasteiger partial charge < -0.3 is 10.5 Å². The van der Waals surface area contributed by atoms with Crippen molar-refractivity contribution >= 4 is 0 Å². The third-order valence-corrected chi connectivity index (χ3v) is 1.95. The molecule has 1 aromatic heterocycles. The number of nitrogens with two attached hydrogens (primary N) is 1. The zero-order chi connectivity index (χ0) is 10.7. The maximum absolute atomic E-state index is 12.5. The number of ether oxygens (including phenoxy) is 1. The summed E-state index contributed by atoms with van der Waals surface area (Å²) in [5.74, 6) is 0.401. The summed E-state index contributed by atoms with van der Waals surface area (Å²) in [4.78, 5) is 3.65. The number of alkyl halides is 2. The van der Waals surface area contributed by atoms with Crippen molar-refractivity contribution in [3.63, 3.8) is 0 Å². The van der Waals surface area contributed by atoms with Gasteiger partial charge in [-0.15, -0.1) is 0 Å². The molecule has 3 nitrogen and oxygen atoms in total. The van der Waals surface area contributed by atoms with Gasteiger partial charge in [-0.05, 0) is 6.92 Å². The molecule has 0 aliphatic rings. The Labute approximate surface area is 80.9 Å². The van der Waals surface area contributed by atoms with Gasteiger partial charge in [0.25, 0.3) is 6.43 Å². The van der Waals surface area contributed by atoms with Crippen LogP contribution in [0.2, 0.25) is 0 Å². The molecule has 0 fully saturated rings. The standard InChI is InChI=1S/C9H12F2N2O/c1-5-4-13-7(9(10)11)6(3-12)8(5)14-2/h4,9H,3,12H2,1-2H3. The minimum atomic E-state index is -2.62. The number of pyridine rings is 1. The number of hydrogen-bond donors (Lipinski definition) is 1. The van der Waals surface area contributed by atoms with E-state index in [4.69, 9.17) is 10.5 Å². The van der Waals surface area contributed by atoms with Crippen LogP contribution in [0.15, 0.2) is 6.20 Å². The molecule has 0 spiro atoms. The topological polar surface area (TPSA) is 48.1 Å². The van der Waals surface area contributed by atoms with Crippen molar-refractivity contribution < 1.29 is 13.5 Å². The normalized spacial score (nSPS) is 10.7. The number of rotatable bonds is 3. The molecule has 0 saturated heterocycles. The van der Waals surface area contributed by atoms with Crippen molar-refractivity contribution in [2.24, 2.45) is 5.73 Å². The monoisotopic (exact) mass is 202 g/mol. The molecule has 1 heterocycles. The lowest BCUT2D eigenvalue weighted by Crippen LogP contribution is -2.08. The fraction of sp³-hybridized carbons (Fsp3) is 0.444. The van der Waals surface area contributed by atoms with Crippen LogP contribution in [-0.4, -0.2) is 12.1 Å². The van der Waals surface area contributed by atoms with Crippen LogP contribution in [0.1, 0.15) is 23.2 Å². The lowest BCUT2D eigenvalue weighted by atomic mass is 10.1. The molecule has 0 saturated carbocycles. The molecule has 5 heteroatoms. The van der Waals surface area contributed by atoms with Gasteiger partial charge in [0.15, 0.2) is 0 Å². The highest BCUT2D eigenvalue weighted by Gasteiger charge is 2.18. The zero-order valence-corrected chi connectivity index (χ0v) is 8.05. The van der Waals surface area contributed by atoms with E-state index in [9.17, 15) is 8.78 Å². The molecule has 1 rings (SSSR count). The Morgan fingerprint density at radius 3 is 2.64 bits per heavy atom. The molecule has 0 radical (unpaired) electrons. The van der Waals surface area contributed by atoms with Crippen molar-refractivity contribution in [2.75, 3.05) is 7.11 Å². The van der Waals surface area contributed by atoms with Gasteiger partial charge in [-0.1, -0.05) is 0 Å². The molecule has 0 atom stereocenters. The Balaban J connectivity index is 3.33. The van der Waals surface area contributed by atoms with Gasteiger partial charge in [-0.3, -0.25) is 4.98 Å². The van der Waals surface area contributed by atoms with Gasteiger partial charge in [0.2, 0.25) is 0 Å². The van der Waals surface area contributed by atoms with E-state index in [2.05, 4.69) is 4.98 Å². The average molecular weight is 202 g/mol. The van der Waals surface area contributed by atoms with Crippen LogP contribution in [-0.2, 0) is 6.54 Å². The molecular formula is C9H12F2N2O. The number of aryl methyl sites for hydroxylation is 1. The predicted molar refractivity (Wildman–Crippen MR) is 48.4 cm³/mol. The van der Waals surface area contributed by atoms with Crippen molar-refractivity contribution in [3.05, 3.63) is 23.0 Å². The number of aromatic nitrogens is 1. The largest absolute Gasteiger partial charge is 0.496 e. The fourth-order valence-corrected chi connectivity index (χ4v) is 1.33. The van der Waals surface area contributed by atoms with Crippen molar-refractivity contribution in [3.8, 4) is 5.75 Å². The van der Waals surface area contributed by atoms with Crippen LogP contribution in [0, 0.1) is 6.92 Å². The highest BCUT2D eigenvalue weighted by molar-refractivity contribution is 5.42. The third kappa shape index (κ3) is 1.82. The Bertz CT molecular complexity index is 329. The summed E-state index contributed by atoms with van der Waals surface area (Å²) in [6.45, 7) is 1.73. The first-order chi connectivity index (χ1) is 6.61. The summed E-state index contributed by atoms with van der Waals surface area (Å²) in [5, 5.41) is 0. The highest BCUT2D eigenvalue weighted by atomic mass is 19.3. The molecule has 14 heavy (non-hydrogen) atoms. The van der Waals surface area contributed by atoms with Gasteiger partial charge in [-0.2, -0.15) is 0 Å². The predicted octanol–water partition coefficient (Wildman–Crippen LogP) is 1.79. The summed E-state index contributed by atoms with van der Waals surface area (Å²) in [5.41, 5.74) is 6.07. The SMILES string of the molecule is COc1c(C)cnc(C(F)F)c1CN. The number of methoxy groups -OCH3 is 1. The second-order valence-electron chi connectivity index (χ2n) is 2.84. The minimum Gasteiger partial charge on any atom is -0.496 e. The van der Waals surface area contributed by atoms with Crippen molar-refractivity contribution in [1.29, 1.82) is 0 Å². The van der Waals surface area contributed by atoms with E-state index in [0.717, 1.165) is 0 Å². The Morgan fingerprint density at radius 1 is 1.57 bits per heavy atom. The third-order valence-electron chi connectivity index (χ3n) is 1.95. The van der Waals surface area contributed by atoms with Crippen LogP contribution in [0.4, 0.5) is 8.78 Å². The van der Waals surface area contributed by atoms with Crippen LogP contribution in [0.25, 0.3) is 0 Å². The lowest BCUT2D eigenvalue weighted by molar-refractivity contribution is 0.144. The Morgan fingerprint density at radius 2 is 2.21 bits per heavy atom. The van der Waals surface area contributed by atoms with E-state index in [1.54, 1.807) is 6.92 Å². The molecule has 2 N–H and O–H groups in total. The van der Waals surface area contributed by atoms with Crippen LogP contribution >= 0.6 is 0 Å². The van der Waals surface area contributed by atoms with E-state index in [-0.39, 0.29) is 17.8 Å². The van der Waals surface area contributed by atoms with Gasteiger partial charge in [0, 0.05) is 23.9 Å². The number of hydrogen-bond acceptors (Lipinski definition) is 3. The molecule has 1 aromatic rings. The number of nitrogens with zero attached hydrogens (tertiary/aromatic N) is 1. The van der Waals surface area contributed by atoms with Crippen LogP contribution in [0.3, 0.4) is 0 Å². The molecule has 0 aromatic carbocycles. The summed E-state index contributed by atoms with van der Waals surface area (Å²) in [7, 11) is 1.43. The quantitative estimate of drug-likeness (QED) is 0.812. The van der Waals surface area contributed by atoms with Crippen LogP contribution in [0.5, 0.6) is 5.75 Å². The Kier molecular flexibility index (Phi) is 3.35.